The van der Waals surface area contributed by atoms with E-state index in [0.29, 0.717) is 17.3 Å². The van der Waals surface area contributed by atoms with Gasteiger partial charge in [0.1, 0.15) is 6.07 Å². The monoisotopic (exact) mass is 213 g/mol. The summed E-state index contributed by atoms with van der Waals surface area (Å²) in [7, 11) is 0. The molecule has 16 heavy (non-hydrogen) atoms. The van der Waals surface area contributed by atoms with Crippen LogP contribution in [0.4, 0.5) is 11.4 Å². The highest BCUT2D eigenvalue weighted by Gasteiger charge is 2.38. The number of fused-ring (bicyclic) bond motifs is 2. The maximum Gasteiger partial charge on any atom is 0.101 e. The Morgan fingerprint density at radius 2 is 2.25 bits per heavy atom. The van der Waals surface area contributed by atoms with E-state index in [-0.39, 0.29) is 0 Å². The largest absolute Gasteiger partial charge is 0.399 e. The van der Waals surface area contributed by atoms with Crippen molar-refractivity contribution < 1.29 is 0 Å². The van der Waals surface area contributed by atoms with Gasteiger partial charge in [-0.2, -0.15) is 5.26 Å². The minimum atomic E-state index is 0.653. The number of nitrogens with two attached hydrogens (primary N) is 1. The molecular weight excluding hydrogens is 198 g/mol. The first kappa shape index (κ1) is 9.53. The molecule has 0 spiro atoms. The fraction of sp³-hybridized carbons (Fsp3) is 0.462. The van der Waals surface area contributed by atoms with Gasteiger partial charge in [0.2, 0.25) is 0 Å². The van der Waals surface area contributed by atoms with Gasteiger partial charge in [0.05, 0.1) is 11.3 Å². The Morgan fingerprint density at radius 3 is 2.88 bits per heavy atom. The first-order valence-electron chi connectivity index (χ1n) is 5.84. The molecule has 2 aliphatic rings. The minimum Gasteiger partial charge on any atom is -0.399 e. The van der Waals surface area contributed by atoms with E-state index in [1.54, 1.807) is 6.07 Å². The maximum atomic E-state index is 9.14. The van der Waals surface area contributed by atoms with Crippen LogP contribution in [0.2, 0.25) is 0 Å². The van der Waals surface area contributed by atoms with Gasteiger partial charge in [-0.3, -0.25) is 0 Å². The van der Waals surface area contributed by atoms with Gasteiger partial charge in [-0.1, -0.05) is 0 Å². The summed E-state index contributed by atoms with van der Waals surface area (Å²) in [5.74, 6) is 0.842. The van der Waals surface area contributed by atoms with Gasteiger partial charge in [0.15, 0.2) is 0 Å². The SMILES string of the molecule is N#Cc1cc(N)ccc1N1CC2CCC1C2. The third-order valence-electron chi connectivity index (χ3n) is 3.86. The Hall–Kier alpha value is -1.69. The Balaban J connectivity index is 1.98. The number of hydrogen-bond acceptors (Lipinski definition) is 3. The van der Waals surface area contributed by atoms with Crippen molar-refractivity contribution in [1.82, 2.24) is 0 Å². The number of piperidine rings is 1. The van der Waals surface area contributed by atoms with E-state index in [1.807, 2.05) is 12.1 Å². The van der Waals surface area contributed by atoms with Crippen LogP contribution >= 0.6 is 0 Å². The van der Waals surface area contributed by atoms with Crippen LogP contribution in [0.15, 0.2) is 18.2 Å². The second-order valence-corrected chi connectivity index (χ2v) is 4.87. The summed E-state index contributed by atoms with van der Waals surface area (Å²) < 4.78 is 0. The summed E-state index contributed by atoms with van der Waals surface area (Å²) in [4.78, 5) is 2.40. The molecule has 3 heteroatoms. The predicted octanol–water partition coefficient (Wildman–Crippen LogP) is 2.13. The smallest absolute Gasteiger partial charge is 0.101 e. The third-order valence-corrected chi connectivity index (χ3v) is 3.86. The zero-order chi connectivity index (χ0) is 11.1. The van der Waals surface area contributed by atoms with E-state index in [0.717, 1.165) is 18.2 Å². The number of benzene rings is 1. The molecule has 1 aromatic carbocycles. The molecule has 1 saturated heterocycles. The minimum absolute atomic E-state index is 0.653. The van der Waals surface area contributed by atoms with Crippen molar-refractivity contribution in [1.29, 1.82) is 5.26 Å². The van der Waals surface area contributed by atoms with E-state index in [1.165, 1.54) is 19.3 Å². The van der Waals surface area contributed by atoms with E-state index in [4.69, 9.17) is 11.0 Å². The van der Waals surface area contributed by atoms with Gasteiger partial charge in [0, 0.05) is 18.3 Å². The van der Waals surface area contributed by atoms with Crippen LogP contribution in [0.25, 0.3) is 0 Å². The number of hydrogen-bond donors (Lipinski definition) is 1. The topological polar surface area (TPSA) is 53.1 Å². The highest BCUT2D eigenvalue weighted by atomic mass is 15.2. The first-order valence-corrected chi connectivity index (χ1v) is 5.84. The average molecular weight is 213 g/mol. The van der Waals surface area contributed by atoms with Crippen molar-refractivity contribution in [3.63, 3.8) is 0 Å². The fourth-order valence-corrected chi connectivity index (χ4v) is 3.11. The number of rotatable bonds is 1. The molecule has 1 aliphatic carbocycles. The molecule has 0 aromatic heterocycles. The van der Waals surface area contributed by atoms with Crippen LogP contribution in [-0.4, -0.2) is 12.6 Å². The average Bonchev–Trinajstić information content (AvgIpc) is 2.90. The second-order valence-electron chi connectivity index (χ2n) is 4.87. The molecule has 2 bridgehead atoms. The van der Waals surface area contributed by atoms with Gasteiger partial charge in [-0.15, -0.1) is 0 Å². The summed E-state index contributed by atoms with van der Waals surface area (Å²) in [5.41, 5.74) is 8.17. The van der Waals surface area contributed by atoms with Gasteiger partial charge in [-0.25, -0.2) is 0 Å². The fourth-order valence-electron chi connectivity index (χ4n) is 3.11. The predicted molar refractivity (Wildman–Crippen MR) is 64.0 cm³/mol. The molecule has 1 aliphatic heterocycles. The molecular formula is C13H15N3. The molecule has 2 unspecified atom stereocenters. The van der Waals surface area contributed by atoms with Crippen LogP contribution in [0.5, 0.6) is 0 Å². The quantitative estimate of drug-likeness (QED) is 0.727. The third kappa shape index (κ3) is 1.34. The highest BCUT2D eigenvalue weighted by Crippen LogP contribution is 2.41. The molecule has 0 radical (unpaired) electrons. The summed E-state index contributed by atoms with van der Waals surface area (Å²) in [6.07, 6.45) is 3.94. The van der Waals surface area contributed by atoms with Gasteiger partial charge >= 0.3 is 0 Å². The maximum absolute atomic E-state index is 9.14. The van der Waals surface area contributed by atoms with Crippen LogP contribution in [-0.2, 0) is 0 Å². The van der Waals surface area contributed by atoms with Crippen molar-refractivity contribution >= 4 is 11.4 Å². The summed E-state index contributed by atoms with van der Waals surface area (Å²) in [6, 6.07) is 8.57. The van der Waals surface area contributed by atoms with Crippen LogP contribution in [0.3, 0.4) is 0 Å². The molecule has 2 fully saturated rings. The molecule has 2 N–H and O–H groups in total. The van der Waals surface area contributed by atoms with Crippen molar-refractivity contribution in [3.05, 3.63) is 23.8 Å². The lowest BCUT2D eigenvalue weighted by molar-refractivity contribution is 0.553. The Labute approximate surface area is 95.5 Å². The van der Waals surface area contributed by atoms with E-state index in [2.05, 4.69) is 11.0 Å². The number of nitriles is 1. The molecule has 82 valence electrons. The van der Waals surface area contributed by atoms with Crippen molar-refractivity contribution in [3.8, 4) is 6.07 Å². The van der Waals surface area contributed by atoms with Crippen LogP contribution in [0.1, 0.15) is 24.8 Å². The van der Waals surface area contributed by atoms with Gasteiger partial charge in [0.25, 0.3) is 0 Å². The summed E-state index contributed by atoms with van der Waals surface area (Å²) >= 11 is 0. The van der Waals surface area contributed by atoms with Gasteiger partial charge < -0.3 is 10.6 Å². The van der Waals surface area contributed by atoms with E-state index in [9.17, 15) is 0 Å². The molecule has 3 nitrogen and oxygen atoms in total. The normalized spacial score (nSPS) is 27.1. The van der Waals surface area contributed by atoms with E-state index >= 15 is 0 Å². The van der Waals surface area contributed by atoms with Gasteiger partial charge in [-0.05, 0) is 43.4 Å². The Bertz CT molecular complexity index is 461. The highest BCUT2D eigenvalue weighted by molar-refractivity contribution is 5.65. The second kappa shape index (κ2) is 3.41. The lowest BCUT2D eigenvalue weighted by atomic mass is 10.1. The van der Waals surface area contributed by atoms with Crippen molar-refractivity contribution in [2.24, 2.45) is 5.92 Å². The first-order chi connectivity index (χ1) is 7.78. The standard InChI is InChI=1S/C13H15N3/c14-7-10-6-11(15)2-4-13(10)16-8-9-1-3-12(16)5-9/h2,4,6,9,12H,1,3,5,8,15H2. The van der Waals surface area contributed by atoms with Crippen LogP contribution in [0, 0.1) is 17.2 Å². The molecule has 2 atom stereocenters. The van der Waals surface area contributed by atoms with Crippen molar-refractivity contribution in [2.45, 2.75) is 25.3 Å². The zero-order valence-corrected chi connectivity index (χ0v) is 9.19. The lowest BCUT2D eigenvalue weighted by Gasteiger charge is -2.29. The molecule has 1 saturated carbocycles. The van der Waals surface area contributed by atoms with Crippen LogP contribution < -0.4 is 10.6 Å². The Kier molecular flexibility index (Phi) is 2.03. The molecule has 0 amide bonds. The zero-order valence-electron chi connectivity index (χ0n) is 9.19. The van der Waals surface area contributed by atoms with E-state index < -0.39 is 0 Å². The number of nitrogen functional groups attached to an aromatic ring is 1. The lowest BCUT2D eigenvalue weighted by Crippen LogP contribution is -2.32. The molecule has 3 rings (SSSR count). The molecule has 1 aromatic rings. The number of anilines is 2. The molecule has 1 heterocycles. The Morgan fingerprint density at radius 1 is 1.38 bits per heavy atom. The van der Waals surface area contributed by atoms with Crippen molar-refractivity contribution in [2.75, 3.05) is 17.2 Å². The summed E-state index contributed by atoms with van der Waals surface area (Å²) in [5, 5.41) is 9.14. The summed E-state index contributed by atoms with van der Waals surface area (Å²) in [6.45, 7) is 1.11. The number of nitrogens with zero attached hydrogens (tertiary/aromatic N) is 2.